The number of fused-ring (bicyclic) bond motifs is 2. The van der Waals surface area contributed by atoms with Crippen molar-refractivity contribution in [3.05, 3.63) is 42.6 Å². The van der Waals surface area contributed by atoms with Crippen LogP contribution in [-0.4, -0.2) is 71.7 Å². The Hall–Kier alpha value is -3.46. The molecule has 1 saturated heterocycles. The predicted octanol–water partition coefficient (Wildman–Crippen LogP) is 4.57. The minimum Gasteiger partial charge on any atom is -0.479 e. The van der Waals surface area contributed by atoms with E-state index >= 15 is 0 Å². The summed E-state index contributed by atoms with van der Waals surface area (Å²) in [7, 11) is 1.63. The fraction of sp³-hybridized carbons (Fsp3) is 0.423. The number of nitrogens with zero attached hydrogens (tertiary/aromatic N) is 5. The van der Waals surface area contributed by atoms with Crippen LogP contribution >= 0.6 is 0 Å². The van der Waals surface area contributed by atoms with Crippen LogP contribution in [0.2, 0.25) is 0 Å². The molecule has 35 heavy (non-hydrogen) atoms. The van der Waals surface area contributed by atoms with Gasteiger partial charge < -0.3 is 20.3 Å². The van der Waals surface area contributed by atoms with Crippen LogP contribution in [0, 0.1) is 5.41 Å². The highest BCUT2D eigenvalue weighted by Gasteiger charge is 2.36. The fourth-order valence-corrected chi connectivity index (χ4v) is 5.01. The van der Waals surface area contributed by atoms with Crippen molar-refractivity contribution < 1.29 is 9.13 Å². The van der Waals surface area contributed by atoms with Gasteiger partial charge in [0.15, 0.2) is 0 Å². The highest BCUT2D eigenvalue weighted by molar-refractivity contribution is 5.88. The van der Waals surface area contributed by atoms with Gasteiger partial charge in [-0.1, -0.05) is 26.0 Å². The maximum absolute atomic E-state index is 12.8. The van der Waals surface area contributed by atoms with Gasteiger partial charge >= 0.3 is 0 Å². The van der Waals surface area contributed by atoms with Crippen LogP contribution < -0.4 is 15.4 Å². The lowest BCUT2D eigenvalue weighted by Gasteiger charge is -2.44. The molecule has 2 aliphatic rings. The van der Waals surface area contributed by atoms with Crippen molar-refractivity contribution >= 4 is 29.1 Å². The topological polar surface area (TPSA) is 79.1 Å². The molecule has 9 heteroatoms. The van der Waals surface area contributed by atoms with E-state index in [1.54, 1.807) is 7.11 Å². The molecular formula is C26H32FN7O. The molecule has 8 nitrogen and oxygen atoms in total. The molecular weight excluding hydrogens is 445 g/mol. The van der Waals surface area contributed by atoms with E-state index in [2.05, 4.69) is 46.5 Å². The lowest BCUT2D eigenvalue weighted by molar-refractivity contribution is 0.0975. The molecule has 0 spiro atoms. The molecule has 1 atom stereocenters. The first-order chi connectivity index (χ1) is 17.0. The van der Waals surface area contributed by atoms with Gasteiger partial charge in [0.25, 0.3) is 0 Å². The molecule has 3 aromatic rings. The maximum atomic E-state index is 12.8. The SMILES string of the molecule is COc1nc(N[C@H]2CCN(CCF)CC2(C)C)nn2ccc(-c3ccc4c(c3)NC/C=C\C=N4)c12. The molecule has 0 saturated carbocycles. The number of aliphatic imine (C=N–C) groups is 1. The molecule has 0 bridgehead atoms. The number of benzene rings is 1. The van der Waals surface area contributed by atoms with Gasteiger partial charge in [0.1, 0.15) is 12.2 Å². The number of hydrogen-bond donors (Lipinski definition) is 2. The molecule has 2 N–H and O–H groups in total. The van der Waals surface area contributed by atoms with Crippen molar-refractivity contribution in [3.63, 3.8) is 0 Å². The van der Waals surface area contributed by atoms with E-state index in [9.17, 15) is 4.39 Å². The molecule has 1 fully saturated rings. The third kappa shape index (κ3) is 4.73. The van der Waals surface area contributed by atoms with Crippen LogP contribution in [0.4, 0.5) is 21.7 Å². The average molecular weight is 478 g/mol. The standard InChI is InChI=1S/C26H32FN7O/c1-26(2)17-33(15-10-27)13-9-22(26)30-25-31-24(35-3)23-19(8-14-34(23)32-25)18-6-7-20-21(16-18)29-12-5-4-11-28-20/h4-8,11,14,16,22,29H,9-10,12-13,15,17H2,1-3H3,(H,30,32)/b5-4-,28-11?/t22-/m0/s1. The Bertz CT molecular complexity index is 1270. The number of nitrogens with one attached hydrogen (secondary N) is 2. The van der Waals surface area contributed by atoms with Gasteiger partial charge in [0.2, 0.25) is 11.8 Å². The zero-order chi connectivity index (χ0) is 24.4. The minimum atomic E-state index is -0.314. The molecule has 0 aliphatic carbocycles. The number of alkyl halides is 1. The lowest BCUT2D eigenvalue weighted by Crippen LogP contribution is -2.52. The first kappa shape index (κ1) is 23.3. The highest BCUT2D eigenvalue weighted by atomic mass is 19.1. The van der Waals surface area contributed by atoms with Crippen molar-refractivity contribution in [3.8, 4) is 17.0 Å². The molecule has 0 radical (unpaired) electrons. The number of piperidine rings is 1. The largest absolute Gasteiger partial charge is 0.479 e. The summed E-state index contributed by atoms with van der Waals surface area (Å²) in [6.45, 7) is 6.99. The minimum absolute atomic E-state index is 0.0494. The van der Waals surface area contributed by atoms with Crippen molar-refractivity contribution in [2.75, 3.05) is 50.6 Å². The van der Waals surface area contributed by atoms with Crippen LogP contribution in [-0.2, 0) is 0 Å². The van der Waals surface area contributed by atoms with E-state index < -0.39 is 0 Å². The van der Waals surface area contributed by atoms with Crippen molar-refractivity contribution in [1.29, 1.82) is 0 Å². The summed E-state index contributed by atoms with van der Waals surface area (Å²) in [5, 5.41) is 11.7. The van der Waals surface area contributed by atoms with Gasteiger partial charge in [-0.3, -0.25) is 4.99 Å². The number of rotatable bonds is 6. The second-order valence-electron chi connectivity index (χ2n) is 9.73. The van der Waals surface area contributed by atoms with Crippen LogP contribution in [0.1, 0.15) is 20.3 Å². The van der Waals surface area contributed by atoms with E-state index in [0.29, 0.717) is 18.4 Å². The number of methoxy groups -OCH3 is 1. The van der Waals surface area contributed by atoms with Crippen LogP contribution in [0.3, 0.4) is 0 Å². The number of aromatic nitrogens is 3. The molecule has 0 amide bonds. The summed E-state index contributed by atoms with van der Waals surface area (Å²) in [6.07, 6.45) is 8.61. The molecule has 0 unspecified atom stereocenters. The van der Waals surface area contributed by atoms with Gasteiger partial charge in [-0.05, 0) is 41.7 Å². The Kier molecular flexibility index (Phi) is 6.42. The first-order valence-electron chi connectivity index (χ1n) is 12.0. The Labute approximate surface area is 204 Å². The van der Waals surface area contributed by atoms with E-state index in [0.717, 1.165) is 54.1 Å². The summed E-state index contributed by atoms with van der Waals surface area (Å²) in [5.41, 5.74) is 4.65. The first-order valence-corrected chi connectivity index (χ1v) is 12.0. The molecule has 184 valence electrons. The second kappa shape index (κ2) is 9.65. The number of ether oxygens (including phenoxy) is 1. The predicted molar refractivity (Wildman–Crippen MR) is 139 cm³/mol. The van der Waals surface area contributed by atoms with Crippen LogP contribution in [0.15, 0.2) is 47.6 Å². The Morgan fingerprint density at radius 1 is 1.29 bits per heavy atom. The summed E-state index contributed by atoms with van der Waals surface area (Å²) >= 11 is 0. The summed E-state index contributed by atoms with van der Waals surface area (Å²) in [4.78, 5) is 11.4. The molecule has 2 aliphatic heterocycles. The maximum Gasteiger partial charge on any atom is 0.244 e. The number of halogens is 1. The fourth-order valence-electron chi connectivity index (χ4n) is 5.01. The number of hydrogen-bond acceptors (Lipinski definition) is 7. The Morgan fingerprint density at radius 2 is 2.17 bits per heavy atom. The number of anilines is 2. The highest BCUT2D eigenvalue weighted by Crippen LogP contribution is 2.37. The molecule has 4 heterocycles. The van der Waals surface area contributed by atoms with Crippen molar-refractivity contribution in [2.24, 2.45) is 10.4 Å². The molecule has 1 aromatic carbocycles. The molecule has 5 rings (SSSR count). The van der Waals surface area contributed by atoms with E-state index in [-0.39, 0.29) is 18.1 Å². The summed E-state index contributed by atoms with van der Waals surface area (Å²) in [5.74, 6) is 1.03. The second-order valence-corrected chi connectivity index (χ2v) is 9.73. The van der Waals surface area contributed by atoms with Crippen LogP contribution in [0.25, 0.3) is 16.6 Å². The zero-order valence-corrected chi connectivity index (χ0v) is 20.5. The Balaban J connectivity index is 1.45. The molecule has 2 aromatic heterocycles. The third-order valence-corrected chi connectivity index (χ3v) is 6.84. The van der Waals surface area contributed by atoms with Gasteiger partial charge in [-0.2, -0.15) is 4.98 Å². The van der Waals surface area contributed by atoms with E-state index in [4.69, 9.17) is 14.8 Å². The van der Waals surface area contributed by atoms with Crippen LogP contribution in [0.5, 0.6) is 5.88 Å². The van der Waals surface area contributed by atoms with Gasteiger partial charge in [0, 0.05) is 50.2 Å². The normalized spacial score (nSPS) is 20.5. The Morgan fingerprint density at radius 3 is 2.97 bits per heavy atom. The third-order valence-electron chi connectivity index (χ3n) is 6.84. The van der Waals surface area contributed by atoms with Crippen molar-refractivity contribution in [2.45, 2.75) is 26.3 Å². The quantitative estimate of drug-likeness (QED) is 0.542. The monoisotopic (exact) mass is 477 g/mol. The summed E-state index contributed by atoms with van der Waals surface area (Å²) in [6, 6.07) is 8.36. The van der Waals surface area contributed by atoms with E-state index in [1.807, 2.05) is 41.2 Å². The summed E-state index contributed by atoms with van der Waals surface area (Å²) < 4.78 is 20.4. The average Bonchev–Trinajstić information content (AvgIpc) is 3.24. The zero-order valence-electron chi connectivity index (χ0n) is 20.5. The van der Waals surface area contributed by atoms with E-state index in [1.165, 1.54) is 0 Å². The van der Waals surface area contributed by atoms with Gasteiger partial charge in [0.05, 0.1) is 18.5 Å². The smallest absolute Gasteiger partial charge is 0.244 e. The lowest BCUT2D eigenvalue weighted by atomic mass is 9.79. The van der Waals surface area contributed by atoms with Gasteiger partial charge in [-0.25, -0.2) is 8.91 Å². The number of likely N-dealkylation sites (tertiary alicyclic amines) is 1. The number of allylic oxidation sites excluding steroid dienone is 1. The van der Waals surface area contributed by atoms with Gasteiger partial charge in [-0.15, -0.1) is 5.10 Å². The van der Waals surface area contributed by atoms with Crippen molar-refractivity contribution in [1.82, 2.24) is 19.5 Å².